The van der Waals surface area contributed by atoms with Crippen molar-refractivity contribution in [3.05, 3.63) is 33.8 Å². The molecular formula is C15H22Cl2N2O. The topological polar surface area (TPSA) is 24.5 Å². The molecule has 1 fully saturated rings. The molecule has 1 aromatic carbocycles. The van der Waals surface area contributed by atoms with Crippen LogP contribution in [-0.4, -0.2) is 44.3 Å². The SMILES string of the molecule is CCCNCC1OCCN(C)C1c1cc(Cl)cc(Cl)c1. The van der Waals surface area contributed by atoms with Crippen LogP contribution in [0.15, 0.2) is 18.2 Å². The molecule has 0 spiro atoms. The summed E-state index contributed by atoms with van der Waals surface area (Å²) in [4.78, 5) is 2.31. The zero-order chi connectivity index (χ0) is 14.5. The summed E-state index contributed by atoms with van der Waals surface area (Å²) in [6.45, 7) is 5.69. The highest BCUT2D eigenvalue weighted by molar-refractivity contribution is 6.34. The maximum absolute atomic E-state index is 6.13. The molecule has 5 heteroatoms. The molecule has 0 amide bonds. The molecule has 0 saturated carbocycles. The van der Waals surface area contributed by atoms with Crippen molar-refractivity contribution in [1.29, 1.82) is 0 Å². The zero-order valence-corrected chi connectivity index (χ0v) is 13.5. The van der Waals surface area contributed by atoms with Crippen molar-refractivity contribution in [3.8, 4) is 0 Å². The third-order valence-corrected chi connectivity index (χ3v) is 4.04. The van der Waals surface area contributed by atoms with E-state index < -0.39 is 0 Å². The Hall–Kier alpha value is -0.320. The van der Waals surface area contributed by atoms with Gasteiger partial charge in [-0.3, -0.25) is 4.90 Å². The van der Waals surface area contributed by atoms with E-state index in [9.17, 15) is 0 Å². The van der Waals surface area contributed by atoms with Crippen LogP contribution in [-0.2, 0) is 4.74 Å². The summed E-state index contributed by atoms with van der Waals surface area (Å²) in [6, 6.07) is 5.91. The number of benzene rings is 1. The van der Waals surface area contributed by atoms with E-state index in [-0.39, 0.29) is 12.1 Å². The molecule has 1 aliphatic heterocycles. The van der Waals surface area contributed by atoms with Crippen LogP contribution in [0, 0.1) is 0 Å². The van der Waals surface area contributed by atoms with E-state index in [0.717, 1.165) is 38.2 Å². The van der Waals surface area contributed by atoms with E-state index in [1.165, 1.54) is 0 Å². The average molecular weight is 317 g/mol. The van der Waals surface area contributed by atoms with E-state index in [2.05, 4.69) is 24.2 Å². The van der Waals surface area contributed by atoms with Gasteiger partial charge in [0, 0.05) is 23.1 Å². The van der Waals surface area contributed by atoms with Crippen LogP contribution >= 0.6 is 23.2 Å². The molecule has 3 nitrogen and oxygen atoms in total. The summed E-state index contributed by atoms with van der Waals surface area (Å²) >= 11 is 12.3. The third-order valence-electron chi connectivity index (χ3n) is 3.60. The Bertz CT molecular complexity index is 422. The highest BCUT2D eigenvalue weighted by atomic mass is 35.5. The fourth-order valence-electron chi connectivity index (χ4n) is 2.67. The molecule has 1 aliphatic rings. The lowest BCUT2D eigenvalue weighted by atomic mass is 9.98. The van der Waals surface area contributed by atoms with Crippen molar-refractivity contribution >= 4 is 23.2 Å². The van der Waals surface area contributed by atoms with Gasteiger partial charge in [-0.15, -0.1) is 0 Å². The standard InChI is InChI=1S/C15H22Cl2N2O/c1-3-4-18-10-14-15(19(2)5-6-20-14)11-7-12(16)9-13(17)8-11/h7-9,14-15,18H,3-6,10H2,1-2H3. The molecular weight excluding hydrogens is 295 g/mol. The Morgan fingerprint density at radius 1 is 1.30 bits per heavy atom. The molecule has 1 aromatic rings. The Morgan fingerprint density at radius 2 is 2.00 bits per heavy atom. The largest absolute Gasteiger partial charge is 0.374 e. The highest BCUT2D eigenvalue weighted by Gasteiger charge is 2.31. The zero-order valence-electron chi connectivity index (χ0n) is 12.0. The highest BCUT2D eigenvalue weighted by Crippen LogP contribution is 2.31. The van der Waals surface area contributed by atoms with Crippen molar-refractivity contribution in [1.82, 2.24) is 10.2 Å². The molecule has 112 valence electrons. The molecule has 20 heavy (non-hydrogen) atoms. The monoisotopic (exact) mass is 316 g/mol. The quantitative estimate of drug-likeness (QED) is 0.843. The first-order chi connectivity index (χ1) is 9.61. The van der Waals surface area contributed by atoms with Gasteiger partial charge in [-0.1, -0.05) is 30.1 Å². The number of nitrogens with zero attached hydrogens (tertiary/aromatic N) is 1. The Labute approximate surface area is 131 Å². The lowest BCUT2D eigenvalue weighted by molar-refractivity contribution is -0.0612. The number of morpholine rings is 1. The summed E-state index contributed by atoms with van der Waals surface area (Å²) in [5, 5.41) is 4.78. The van der Waals surface area contributed by atoms with Crippen LogP contribution in [0.4, 0.5) is 0 Å². The Morgan fingerprint density at radius 3 is 2.65 bits per heavy atom. The predicted octanol–water partition coefficient (Wildman–Crippen LogP) is 3.36. The summed E-state index contributed by atoms with van der Waals surface area (Å²) in [6.07, 6.45) is 1.24. The van der Waals surface area contributed by atoms with Gasteiger partial charge in [0.2, 0.25) is 0 Å². The summed E-state index contributed by atoms with van der Waals surface area (Å²) in [5.41, 5.74) is 1.12. The van der Waals surface area contributed by atoms with Gasteiger partial charge in [-0.2, -0.15) is 0 Å². The number of likely N-dealkylation sites (N-methyl/N-ethyl adjacent to an activating group) is 1. The van der Waals surface area contributed by atoms with Gasteiger partial charge in [-0.25, -0.2) is 0 Å². The fourth-order valence-corrected chi connectivity index (χ4v) is 3.21. The van der Waals surface area contributed by atoms with E-state index >= 15 is 0 Å². The number of hydrogen-bond donors (Lipinski definition) is 1. The lowest BCUT2D eigenvalue weighted by Crippen LogP contribution is -2.47. The number of halogens is 2. The van der Waals surface area contributed by atoms with Gasteiger partial charge in [0.25, 0.3) is 0 Å². The molecule has 2 unspecified atom stereocenters. The van der Waals surface area contributed by atoms with Crippen molar-refractivity contribution in [2.45, 2.75) is 25.5 Å². The minimum absolute atomic E-state index is 0.120. The van der Waals surface area contributed by atoms with E-state index in [1.807, 2.05) is 12.1 Å². The van der Waals surface area contributed by atoms with Gasteiger partial charge < -0.3 is 10.1 Å². The summed E-state index contributed by atoms with van der Waals surface area (Å²) in [7, 11) is 2.12. The molecule has 2 atom stereocenters. The van der Waals surface area contributed by atoms with Gasteiger partial charge in [0.05, 0.1) is 18.8 Å². The van der Waals surface area contributed by atoms with Crippen LogP contribution < -0.4 is 5.32 Å². The first kappa shape index (κ1) is 16.1. The summed E-state index contributed by atoms with van der Waals surface area (Å²) < 4.78 is 5.95. The van der Waals surface area contributed by atoms with Gasteiger partial charge in [0.15, 0.2) is 0 Å². The van der Waals surface area contributed by atoms with Crippen molar-refractivity contribution in [2.24, 2.45) is 0 Å². The normalized spacial score (nSPS) is 24.0. The minimum Gasteiger partial charge on any atom is -0.374 e. The number of ether oxygens (including phenoxy) is 1. The second-order valence-electron chi connectivity index (χ2n) is 5.24. The second-order valence-corrected chi connectivity index (χ2v) is 6.11. The van der Waals surface area contributed by atoms with E-state index in [4.69, 9.17) is 27.9 Å². The molecule has 1 heterocycles. The molecule has 0 aromatic heterocycles. The average Bonchev–Trinajstić information content (AvgIpc) is 2.38. The van der Waals surface area contributed by atoms with Gasteiger partial charge in [0.1, 0.15) is 0 Å². The smallest absolute Gasteiger partial charge is 0.0896 e. The lowest BCUT2D eigenvalue weighted by Gasteiger charge is -2.39. The van der Waals surface area contributed by atoms with Crippen molar-refractivity contribution in [2.75, 3.05) is 33.3 Å². The predicted molar refractivity (Wildman–Crippen MR) is 84.7 cm³/mol. The maximum atomic E-state index is 6.13. The maximum Gasteiger partial charge on any atom is 0.0896 e. The number of rotatable bonds is 5. The Balaban J connectivity index is 2.18. The molecule has 2 rings (SSSR count). The van der Waals surface area contributed by atoms with Crippen LogP contribution in [0.3, 0.4) is 0 Å². The van der Waals surface area contributed by atoms with Gasteiger partial charge in [-0.05, 0) is 43.8 Å². The molecule has 0 radical (unpaired) electrons. The fraction of sp³-hybridized carbons (Fsp3) is 0.600. The third kappa shape index (κ3) is 4.09. The van der Waals surface area contributed by atoms with Gasteiger partial charge >= 0.3 is 0 Å². The van der Waals surface area contributed by atoms with E-state index in [1.54, 1.807) is 6.07 Å². The molecule has 1 saturated heterocycles. The van der Waals surface area contributed by atoms with Crippen LogP contribution in [0.1, 0.15) is 24.9 Å². The number of hydrogen-bond acceptors (Lipinski definition) is 3. The molecule has 0 aliphatic carbocycles. The molecule has 1 N–H and O–H groups in total. The first-order valence-corrected chi connectivity index (χ1v) is 7.86. The molecule has 0 bridgehead atoms. The number of nitrogens with one attached hydrogen (secondary N) is 1. The van der Waals surface area contributed by atoms with Crippen LogP contribution in [0.2, 0.25) is 10.0 Å². The van der Waals surface area contributed by atoms with Crippen molar-refractivity contribution in [3.63, 3.8) is 0 Å². The minimum atomic E-state index is 0.120. The Kier molecular flexibility index (Phi) is 6.12. The summed E-state index contributed by atoms with van der Waals surface area (Å²) in [5.74, 6) is 0. The van der Waals surface area contributed by atoms with Crippen LogP contribution in [0.5, 0.6) is 0 Å². The van der Waals surface area contributed by atoms with Crippen molar-refractivity contribution < 1.29 is 4.74 Å². The van der Waals surface area contributed by atoms with Crippen LogP contribution in [0.25, 0.3) is 0 Å². The van der Waals surface area contributed by atoms with E-state index in [0.29, 0.717) is 10.0 Å². The second kappa shape index (κ2) is 7.62. The first-order valence-electron chi connectivity index (χ1n) is 7.10.